The number of hydrogen-bond donors (Lipinski definition) is 1. The van der Waals surface area contributed by atoms with Gasteiger partial charge >= 0.3 is 0 Å². The largest absolute Gasteiger partial charge is 0.493 e. The van der Waals surface area contributed by atoms with Crippen LogP contribution in [0.1, 0.15) is 36.2 Å². The highest BCUT2D eigenvalue weighted by Gasteiger charge is 2.22. The maximum Gasteiger partial charge on any atom is 0.128 e. The lowest BCUT2D eigenvalue weighted by Gasteiger charge is -2.20. The monoisotopic (exact) mass is 288 g/mol. The lowest BCUT2D eigenvalue weighted by atomic mass is 9.85. The number of fused-ring (bicyclic) bond motifs is 3. The molecule has 2 N–H and O–H groups in total. The molecule has 1 aliphatic rings. The Balaban J connectivity index is 2.18. The van der Waals surface area contributed by atoms with Crippen molar-refractivity contribution in [3.63, 3.8) is 0 Å². The molecule has 0 saturated carbocycles. The van der Waals surface area contributed by atoms with Crippen LogP contribution in [-0.2, 0) is 18.4 Å². The number of thiazole rings is 1. The maximum absolute atomic E-state index is 5.87. The van der Waals surface area contributed by atoms with E-state index in [0.29, 0.717) is 13.2 Å². The average molecular weight is 288 g/mol. The second kappa shape index (κ2) is 4.86. The van der Waals surface area contributed by atoms with E-state index in [2.05, 4.69) is 39.0 Å². The van der Waals surface area contributed by atoms with E-state index in [9.17, 15) is 0 Å². The Kier molecular flexibility index (Phi) is 3.30. The first-order chi connectivity index (χ1) is 9.49. The van der Waals surface area contributed by atoms with Gasteiger partial charge in [0, 0.05) is 23.4 Å². The van der Waals surface area contributed by atoms with E-state index >= 15 is 0 Å². The van der Waals surface area contributed by atoms with Gasteiger partial charge in [0.05, 0.1) is 12.3 Å². The van der Waals surface area contributed by atoms with E-state index in [-0.39, 0.29) is 5.41 Å². The Bertz CT molecular complexity index is 640. The van der Waals surface area contributed by atoms with E-state index in [0.717, 1.165) is 28.4 Å². The summed E-state index contributed by atoms with van der Waals surface area (Å²) in [5.74, 6) is 0.936. The topological polar surface area (TPSA) is 48.1 Å². The minimum atomic E-state index is 0.119. The molecule has 0 spiro atoms. The molecule has 0 saturated heterocycles. The minimum absolute atomic E-state index is 0.119. The number of benzene rings is 1. The van der Waals surface area contributed by atoms with Gasteiger partial charge in [0.2, 0.25) is 0 Å². The maximum atomic E-state index is 5.87. The lowest BCUT2D eigenvalue weighted by Crippen LogP contribution is -2.11. The van der Waals surface area contributed by atoms with Crippen molar-refractivity contribution in [1.82, 2.24) is 4.98 Å². The Morgan fingerprint density at radius 2 is 2.15 bits per heavy atom. The summed E-state index contributed by atoms with van der Waals surface area (Å²) < 4.78 is 5.87. The molecule has 0 atom stereocenters. The summed E-state index contributed by atoms with van der Waals surface area (Å²) >= 11 is 1.71. The third-order valence-electron chi connectivity index (χ3n) is 3.60. The van der Waals surface area contributed by atoms with Crippen LogP contribution in [0.15, 0.2) is 18.2 Å². The van der Waals surface area contributed by atoms with Crippen molar-refractivity contribution in [1.29, 1.82) is 0 Å². The third-order valence-corrected chi connectivity index (χ3v) is 4.74. The van der Waals surface area contributed by atoms with Crippen LogP contribution in [0, 0.1) is 0 Å². The van der Waals surface area contributed by atoms with Crippen LogP contribution >= 0.6 is 11.3 Å². The average Bonchev–Trinajstić information content (AvgIpc) is 2.74. The molecule has 3 rings (SSSR count). The van der Waals surface area contributed by atoms with Gasteiger partial charge in [0.25, 0.3) is 0 Å². The predicted octanol–water partition coefficient (Wildman–Crippen LogP) is 3.50. The van der Waals surface area contributed by atoms with Gasteiger partial charge in [-0.3, -0.25) is 0 Å². The van der Waals surface area contributed by atoms with Crippen LogP contribution in [-0.4, -0.2) is 11.6 Å². The summed E-state index contributed by atoms with van der Waals surface area (Å²) in [7, 11) is 0. The zero-order valence-corrected chi connectivity index (χ0v) is 13.0. The first-order valence-electron chi connectivity index (χ1n) is 6.95. The molecule has 0 unspecified atom stereocenters. The Morgan fingerprint density at radius 3 is 2.85 bits per heavy atom. The fourth-order valence-electron chi connectivity index (χ4n) is 2.43. The summed E-state index contributed by atoms with van der Waals surface area (Å²) in [5, 5.41) is 1.00. The minimum Gasteiger partial charge on any atom is -0.493 e. The molecule has 106 valence electrons. The highest BCUT2D eigenvalue weighted by atomic mass is 32.1. The normalized spacial score (nSPS) is 14.2. The van der Waals surface area contributed by atoms with E-state index in [1.165, 1.54) is 10.4 Å². The van der Waals surface area contributed by atoms with E-state index in [1.807, 2.05) is 0 Å². The first kappa shape index (κ1) is 13.6. The molecular weight excluding hydrogens is 268 g/mol. The smallest absolute Gasteiger partial charge is 0.128 e. The van der Waals surface area contributed by atoms with Gasteiger partial charge < -0.3 is 10.5 Å². The zero-order valence-electron chi connectivity index (χ0n) is 12.2. The molecule has 0 fully saturated rings. The Labute approximate surface area is 123 Å². The zero-order chi connectivity index (χ0) is 14.3. The molecule has 2 aromatic rings. The number of ether oxygens (including phenoxy) is 1. The van der Waals surface area contributed by atoms with Gasteiger partial charge in [0.1, 0.15) is 10.8 Å². The van der Waals surface area contributed by atoms with Crippen LogP contribution in [0.5, 0.6) is 5.75 Å². The molecule has 0 bridgehead atoms. The van der Waals surface area contributed by atoms with E-state index < -0.39 is 0 Å². The third kappa shape index (κ3) is 2.34. The SMILES string of the molecule is CC(C)(C)c1ccc2c(c1)-c1nc(CN)sc1CCO2. The highest BCUT2D eigenvalue weighted by Crippen LogP contribution is 2.39. The summed E-state index contributed by atoms with van der Waals surface area (Å²) in [6, 6.07) is 6.45. The highest BCUT2D eigenvalue weighted by molar-refractivity contribution is 7.12. The number of aromatic nitrogens is 1. The summed E-state index contributed by atoms with van der Waals surface area (Å²) in [5.41, 5.74) is 9.33. The second-order valence-corrected chi connectivity index (χ2v) is 7.31. The van der Waals surface area contributed by atoms with Crippen molar-refractivity contribution in [2.45, 2.75) is 39.2 Å². The van der Waals surface area contributed by atoms with Crippen molar-refractivity contribution in [3.8, 4) is 17.0 Å². The van der Waals surface area contributed by atoms with Gasteiger partial charge in [-0.25, -0.2) is 4.98 Å². The molecule has 20 heavy (non-hydrogen) atoms. The quantitative estimate of drug-likeness (QED) is 0.873. The van der Waals surface area contributed by atoms with Crippen molar-refractivity contribution in [2.24, 2.45) is 5.73 Å². The van der Waals surface area contributed by atoms with Crippen molar-refractivity contribution in [3.05, 3.63) is 33.6 Å². The lowest BCUT2D eigenvalue weighted by molar-refractivity contribution is 0.327. The van der Waals surface area contributed by atoms with Crippen molar-refractivity contribution in [2.75, 3.05) is 6.61 Å². The number of rotatable bonds is 1. The van der Waals surface area contributed by atoms with Crippen LogP contribution in [0.25, 0.3) is 11.3 Å². The molecule has 1 aliphatic heterocycles. The standard InChI is InChI=1S/C16H20N2OS/c1-16(2,3)10-4-5-12-11(8-10)15-13(6-7-19-12)20-14(9-17)18-15/h4-5,8H,6-7,9,17H2,1-3H3. The Morgan fingerprint density at radius 1 is 1.35 bits per heavy atom. The molecule has 3 nitrogen and oxygen atoms in total. The van der Waals surface area contributed by atoms with Crippen LogP contribution in [0.2, 0.25) is 0 Å². The first-order valence-corrected chi connectivity index (χ1v) is 7.77. The van der Waals surface area contributed by atoms with Crippen molar-refractivity contribution < 1.29 is 4.74 Å². The van der Waals surface area contributed by atoms with Gasteiger partial charge in [-0.2, -0.15) is 0 Å². The molecule has 0 radical (unpaired) electrons. The van der Waals surface area contributed by atoms with Gasteiger partial charge in [-0.05, 0) is 23.1 Å². The molecular formula is C16H20N2OS. The van der Waals surface area contributed by atoms with Crippen LogP contribution in [0.3, 0.4) is 0 Å². The molecule has 2 heterocycles. The number of nitrogens with zero attached hydrogens (tertiary/aromatic N) is 1. The number of hydrogen-bond acceptors (Lipinski definition) is 4. The van der Waals surface area contributed by atoms with Gasteiger partial charge in [0.15, 0.2) is 0 Å². The van der Waals surface area contributed by atoms with Crippen LogP contribution in [0.4, 0.5) is 0 Å². The molecule has 0 amide bonds. The van der Waals surface area contributed by atoms with Crippen LogP contribution < -0.4 is 10.5 Å². The van der Waals surface area contributed by atoms with E-state index in [1.54, 1.807) is 11.3 Å². The second-order valence-electron chi connectivity index (χ2n) is 6.14. The molecule has 1 aromatic heterocycles. The number of nitrogens with two attached hydrogens (primary N) is 1. The van der Waals surface area contributed by atoms with Gasteiger partial charge in [-0.15, -0.1) is 11.3 Å². The fraction of sp³-hybridized carbons (Fsp3) is 0.438. The predicted molar refractivity (Wildman–Crippen MR) is 83.3 cm³/mol. The molecule has 0 aliphatic carbocycles. The van der Waals surface area contributed by atoms with Gasteiger partial charge in [-0.1, -0.05) is 26.8 Å². The summed E-state index contributed by atoms with van der Waals surface area (Å²) in [6.45, 7) is 7.88. The van der Waals surface area contributed by atoms with Crippen molar-refractivity contribution >= 4 is 11.3 Å². The Hall–Kier alpha value is -1.39. The summed E-state index contributed by atoms with van der Waals surface area (Å²) in [6.07, 6.45) is 0.909. The fourth-order valence-corrected chi connectivity index (χ4v) is 3.37. The van der Waals surface area contributed by atoms with E-state index in [4.69, 9.17) is 15.5 Å². The molecule has 1 aromatic carbocycles. The summed E-state index contributed by atoms with van der Waals surface area (Å²) in [4.78, 5) is 5.99. The molecule has 4 heteroatoms.